The Morgan fingerprint density at radius 2 is 1.95 bits per heavy atom. The molecule has 1 aliphatic rings. The zero-order valence-electron chi connectivity index (χ0n) is 23.3. The molecule has 3 amide bonds. The third-order valence-corrected chi connectivity index (χ3v) is 8.50. The third kappa shape index (κ3) is 8.88. The molecule has 0 saturated carbocycles. The average Bonchev–Trinajstić information content (AvgIpc) is 3.35. The molecule has 40 heavy (non-hydrogen) atoms. The summed E-state index contributed by atoms with van der Waals surface area (Å²) in [7, 11) is 0. The van der Waals surface area contributed by atoms with Crippen LogP contribution < -0.4 is 15.4 Å². The Hall–Kier alpha value is -2.75. The molecule has 2 aromatic rings. The summed E-state index contributed by atoms with van der Waals surface area (Å²) in [6, 6.07) is 16.5. The van der Waals surface area contributed by atoms with Crippen molar-refractivity contribution < 1.29 is 24.2 Å². The number of hydrogen-bond acceptors (Lipinski definition) is 6. The average molecular weight is 590 g/mol. The third-order valence-electron chi connectivity index (χ3n) is 7.25. The predicted molar refractivity (Wildman–Crippen MR) is 159 cm³/mol. The van der Waals surface area contributed by atoms with Crippen LogP contribution in [0.2, 0.25) is 5.02 Å². The molecule has 0 aromatic heterocycles. The topological polar surface area (TPSA) is 117 Å². The van der Waals surface area contributed by atoms with Crippen molar-refractivity contribution >= 4 is 41.5 Å². The molecular weight excluding hydrogens is 550 g/mol. The summed E-state index contributed by atoms with van der Waals surface area (Å²) >= 11 is 7.27. The van der Waals surface area contributed by atoms with Crippen LogP contribution >= 0.6 is 23.5 Å². The van der Waals surface area contributed by atoms with Gasteiger partial charge >= 0.3 is 6.09 Å². The molecule has 4 atom stereocenters. The Bertz CT molecular complexity index is 1130. The van der Waals surface area contributed by atoms with E-state index in [4.69, 9.17) is 16.3 Å². The highest BCUT2D eigenvalue weighted by Gasteiger charge is 2.36. The molecule has 0 radical (unpaired) electrons. The van der Waals surface area contributed by atoms with Gasteiger partial charge in [0.25, 0.3) is 0 Å². The van der Waals surface area contributed by atoms with Crippen LogP contribution in [0.25, 0.3) is 0 Å². The maximum absolute atomic E-state index is 13.2. The number of aliphatic hydroxyl groups excluding tert-OH is 1. The van der Waals surface area contributed by atoms with E-state index in [9.17, 15) is 19.5 Å². The quantitative estimate of drug-likeness (QED) is 0.222. The van der Waals surface area contributed by atoms with Gasteiger partial charge in [-0.3, -0.25) is 14.3 Å². The molecule has 2 aromatic carbocycles. The molecule has 0 unspecified atom stereocenters. The zero-order chi connectivity index (χ0) is 29.1. The van der Waals surface area contributed by atoms with Gasteiger partial charge in [0, 0.05) is 22.9 Å². The second kappa shape index (κ2) is 15.3. The lowest BCUT2D eigenvalue weighted by molar-refractivity contribution is -0.124. The van der Waals surface area contributed by atoms with Crippen LogP contribution in [0.1, 0.15) is 70.1 Å². The minimum atomic E-state index is -0.662. The molecule has 0 spiro atoms. The van der Waals surface area contributed by atoms with Crippen molar-refractivity contribution in [3.63, 3.8) is 0 Å². The molecule has 1 aliphatic heterocycles. The highest BCUT2D eigenvalue weighted by Crippen LogP contribution is 2.40. The number of amides is 3. The minimum Gasteiger partial charge on any atom is -0.440 e. The summed E-state index contributed by atoms with van der Waals surface area (Å²) in [4.78, 5) is 38.2. The number of ether oxygens (including phenoxy) is 1. The van der Waals surface area contributed by atoms with Gasteiger partial charge in [0.05, 0.1) is 12.6 Å². The molecule has 0 bridgehead atoms. The van der Waals surface area contributed by atoms with Crippen LogP contribution in [-0.2, 0) is 19.7 Å². The standard InChI is InChI=1S/C30H40ClN3O5S/c1-4-5-14-25(28(37)33-24(19-35)17-21-15-16-32-27(21)36)40-34-29(38)39-26(20-10-7-6-8-11-20)30(2,3)22-12-9-13-23(31)18-22/h6-13,18,21,24-26,35H,4-5,14-17,19H2,1-3H3,(H,32,36)(H,33,37)(H,34,38)/t21-,24-,25-,26+/m0/s1. The number of hydrogen-bond donors (Lipinski definition) is 4. The predicted octanol–water partition coefficient (Wildman–Crippen LogP) is 5.30. The molecule has 1 fully saturated rings. The number of aliphatic hydroxyl groups is 1. The van der Waals surface area contributed by atoms with Gasteiger partial charge in [-0.25, -0.2) is 4.79 Å². The Morgan fingerprint density at radius 3 is 2.58 bits per heavy atom. The molecule has 4 N–H and O–H groups in total. The first kappa shape index (κ1) is 31.8. The molecule has 3 rings (SSSR count). The summed E-state index contributed by atoms with van der Waals surface area (Å²) in [5, 5.41) is 15.5. The van der Waals surface area contributed by atoms with E-state index in [0.717, 1.165) is 35.9 Å². The van der Waals surface area contributed by atoms with Gasteiger partial charge < -0.3 is 20.5 Å². The molecule has 10 heteroatoms. The number of benzene rings is 2. The summed E-state index contributed by atoms with van der Waals surface area (Å²) in [6.07, 6.45) is 1.95. The van der Waals surface area contributed by atoms with Crippen molar-refractivity contribution in [3.05, 3.63) is 70.7 Å². The Kier molecular flexibility index (Phi) is 12.2. The highest BCUT2D eigenvalue weighted by molar-refractivity contribution is 7.99. The maximum Gasteiger partial charge on any atom is 0.417 e. The van der Waals surface area contributed by atoms with Gasteiger partial charge in [-0.15, -0.1) is 0 Å². The summed E-state index contributed by atoms with van der Waals surface area (Å²) < 4.78 is 8.72. The van der Waals surface area contributed by atoms with Crippen molar-refractivity contribution in [3.8, 4) is 0 Å². The van der Waals surface area contributed by atoms with Crippen molar-refractivity contribution in [2.45, 2.75) is 75.7 Å². The van der Waals surface area contributed by atoms with Gasteiger partial charge in [0.15, 0.2) is 0 Å². The number of carbonyl (C=O) groups excluding carboxylic acids is 3. The van der Waals surface area contributed by atoms with E-state index in [2.05, 4.69) is 15.4 Å². The molecule has 218 valence electrons. The fourth-order valence-corrected chi connectivity index (χ4v) is 5.81. The highest BCUT2D eigenvalue weighted by atomic mass is 35.5. The number of unbranched alkanes of at least 4 members (excludes halogenated alkanes) is 1. The van der Waals surface area contributed by atoms with Gasteiger partial charge in [0.1, 0.15) is 11.4 Å². The van der Waals surface area contributed by atoms with Gasteiger partial charge in [-0.05, 0) is 54.5 Å². The molecule has 8 nitrogen and oxygen atoms in total. The Balaban J connectivity index is 1.68. The first-order valence-corrected chi connectivity index (χ1v) is 15.0. The van der Waals surface area contributed by atoms with Crippen LogP contribution in [0.15, 0.2) is 54.6 Å². The molecule has 0 aliphatic carbocycles. The van der Waals surface area contributed by atoms with Crippen LogP contribution in [0.3, 0.4) is 0 Å². The van der Waals surface area contributed by atoms with Crippen molar-refractivity contribution in [2.24, 2.45) is 5.92 Å². The van der Waals surface area contributed by atoms with Crippen LogP contribution in [0.5, 0.6) is 0 Å². The normalized spacial score (nSPS) is 17.4. The number of carbonyl (C=O) groups is 3. The van der Waals surface area contributed by atoms with E-state index in [1.165, 1.54) is 0 Å². The van der Waals surface area contributed by atoms with Crippen molar-refractivity contribution in [1.82, 2.24) is 15.4 Å². The lowest BCUT2D eigenvalue weighted by Gasteiger charge is -2.35. The van der Waals surface area contributed by atoms with E-state index in [1.54, 1.807) is 6.07 Å². The Morgan fingerprint density at radius 1 is 1.20 bits per heavy atom. The smallest absolute Gasteiger partial charge is 0.417 e. The van der Waals surface area contributed by atoms with E-state index < -0.39 is 28.9 Å². The van der Waals surface area contributed by atoms with Gasteiger partial charge in [-0.2, -0.15) is 0 Å². The maximum atomic E-state index is 13.2. The van der Waals surface area contributed by atoms with Crippen LogP contribution in [0.4, 0.5) is 4.79 Å². The van der Waals surface area contributed by atoms with Crippen molar-refractivity contribution in [2.75, 3.05) is 13.2 Å². The summed E-state index contributed by atoms with van der Waals surface area (Å²) in [5.41, 5.74) is 1.13. The fourth-order valence-electron chi connectivity index (χ4n) is 4.87. The van der Waals surface area contributed by atoms with E-state index in [-0.39, 0.29) is 24.3 Å². The second-order valence-corrected chi connectivity index (χ2v) is 12.1. The lowest BCUT2D eigenvalue weighted by Crippen LogP contribution is -2.44. The first-order valence-electron chi connectivity index (χ1n) is 13.8. The van der Waals surface area contributed by atoms with E-state index in [0.29, 0.717) is 30.8 Å². The number of halogens is 1. The number of rotatable bonds is 14. The van der Waals surface area contributed by atoms with E-state index in [1.807, 2.05) is 69.3 Å². The van der Waals surface area contributed by atoms with Gasteiger partial charge in [0.2, 0.25) is 11.8 Å². The van der Waals surface area contributed by atoms with Crippen LogP contribution in [0, 0.1) is 5.92 Å². The monoisotopic (exact) mass is 589 g/mol. The summed E-state index contributed by atoms with van der Waals surface area (Å²) in [5.74, 6) is -0.581. The Labute approximate surface area is 246 Å². The van der Waals surface area contributed by atoms with E-state index >= 15 is 0 Å². The fraction of sp³-hybridized carbons (Fsp3) is 0.500. The van der Waals surface area contributed by atoms with Crippen molar-refractivity contribution in [1.29, 1.82) is 0 Å². The minimum absolute atomic E-state index is 0.0531. The van der Waals surface area contributed by atoms with Crippen LogP contribution in [-0.4, -0.2) is 47.5 Å². The molecule has 1 saturated heterocycles. The van der Waals surface area contributed by atoms with Gasteiger partial charge in [-0.1, -0.05) is 87.7 Å². The lowest BCUT2D eigenvalue weighted by atomic mass is 9.76. The number of nitrogens with one attached hydrogen (secondary N) is 3. The largest absolute Gasteiger partial charge is 0.440 e. The zero-order valence-corrected chi connectivity index (χ0v) is 24.9. The summed E-state index contributed by atoms with van der Waals surface area (Å²) in [6.45, 7) is 6.35. The SMILES string of the molecule is CCCC[C@H](SNC(=O)O[C@H](c1ccccc1)C(C)(C)c1cccc(Cl)c1)C(=O)N[C@H](CO)C[C@@H]1CCNC1=O. The molecule has 1 heterocycles. The second-order valence-electron chi connectivity index (χ2n) is 10.7. The first-order chi connectivity index (χ1) is 19.1. The molecular formula is C30H40ClN3O5S.